The van der Waals surface area contributed by atoms with Crippen LogP contribution in [0.15, 0.2) is 0 Å². The molecule has 4 rings (SSSR count). The van der Waals surface area contributed by atoms with E-state index in [1.165, 1.54) is 51.4 Å². The first-order valence-corrected chi connectivity index (χ1v) is 15.6. The lowest BCUT2D eigenvalue weighted by Gasteiger charge is -2.66. The molecule has 0 radical (unpaired) electrons. The van der Waals surface area contributed by atoms with E-state index in [9.17, 15) is 4.79 Å². The van der Waals surface area contributed by atoms with Crippen LogP contribution in [-0.2, 0) is 9.53 Å². The van der Waals surface area contributed by atoms with E-state index in [0.717, 1.165) is 54.8 Å². The first-order chi connectivity index (χ1) is 15.4. The molecule has 190 valence electrons. The summed E-state index contributed by atoms with van der Waals surface area (Å²) >= 11 is 8.51. The average molecular weight is 589 g/mol. The van der Waals surface area contributed by atoms with E-state index in [4.69, 9.17) is 4.74 Å². The third kappa shape index (κ3) is 4.53. The lowest BCUT2D eigenvalue weighted by atomic mass is 9.44. The minimum Gasteiger partial charge on any atom is -0.463 e. The molecule has 0 aromatic carbocycles. The molecule has 2 nitrogen and oxygen atoms in total. The van der Waals surface area contributed by atoms with E-state index in [-0.39, 0.29) is 21.8 Å². The van der Waals surface area contributed by atoms with Gasteiger partial charge in [0.2, 0.25) is 0 Å². The van der Waals surface area contributed by atoms with Gasteiger partial charge < -0.3 is 4.74 Å². The van der Waals surface area contributed by atoms with Gasteiger partial charge in [0.05, 0.1) is 0 Å². The van der Waals surface area contributed by atoms with Crippen LogP contribution >= 0.6 is 31.9 Å². The summed E-state index contributed by atoms with van der Waals surface area (Å²) in [6, 6.07) is 0. The van der Waals surface area contributed by atoms with E-state index in [0.29, 0.717) is 10.2 Å². The maximum Gasteiger partial charge on any atom is 0.302 e. The van der Waals surface area contributed by atoms with E-state index in [1.54, 1.807) is 6.92 Å². The number of carbonyl (C=O) groups excluding carboxylic acids is 1. The minimum absolute atomic E-state index is 0.0232. The van der Waals surface area contributed by atoms with Gasteiger partial charge in [-0.1, -0.05) is 85.7 Å². The Labute approximate surface area is 220 Å². The van der Waals surface area contributed by atoms with Gasteiger partial charge in [0.25, 0.3) is 0 Å². The van der Waals surface area contributed by atoms with E-state index >= 15 is 0 Å². The van der Waals surface area contributed by atoms with Crippen molar-refractivity contribution in [2.45, 2.75) is 127 Å². The van der Waals surface area contributed by atoms with Gasteiger partial charge in [-0.15, -0.1) is 0 Å². The monoisotopic (exact) mass is 586 g/mol. The second-order valence-corrected chi connectivity index (χ2v) is 15.9. The van der Waals surface area contributed by atoms with Crippen molar-refractivity contribution in [1.82, 2.24) is 0 Å². The van der Waals surface area contributed by atoms with E-state index < -0.39 is 0 Å². The van der Waals surface area contributed by atoms with Crippen LogP contribution in [0, 0.1) is 46.3 Å². The Bertz CT molecular complexity index is 724. The molecule has 4 saturated carbocycles. The molecule has 4 fully saturated rings. The van der Waals surface area contributed by atoms with Gasteiger partial charge in [0, 0.05) is 22.5 Å². The average Bonchev–Trinajstić information content (AvgIpc) is 3.07. The zero-order valence-corrected chi connectivity index (χ0v) is 25.1. The molecule has 4 aliphatic rings. The fraction of sp³-hybridized carbons (Fsp3) is 0.966. The molecule has 0 spiro atoms. The quantitative estimate of drug-likeness (QED) is 0.229. The van der Waals surface area contributed by atoms with Crippen LogP contribution in [0.3, 0.4) is 0 Å². The summed E-state index contributed by atoms with van der Waals surface area (Å²) in [5.41, 5.74) is 0.797. The molecule has 0 aromatic rings. The Kier molecular flexibility index (Phi) is 7.80. The Balaban J connectivity index is 1.51. The summed E-state index contributed by atoms with van der Waals surface area (Å²) in [4.78, 5) is 12.1. The predicted octanol–water partition coefficient (Wildman–Crippen LogP) is 8.93. The van der Waals surface area contributed by atoms with Gasteiger partial charge in [-0.25, -0.2) is 0 Å². The number of esters is 1. The Morgan fingerprint density at radius 1 is 1.03 bits per heavy atom. The second-order valence-electron chi connectivity index (χ2n) is 13.4. The van der Waals surface area contributed by atoms with Crippen molar-refractivity contribution in [1.29, 1.82) is 0 Å². The Hall–Kier alpha value is 0.430. The highest BCUT2D eigenvalue weighted by Crippen LogP contribution is 2.71. The number of ether oxygens (including phenoxy) is 1. The summed E-state index contributed by atoms with van der Waals surface area (Å²) < 4.78 is 5.74. The van der Waals surface area contributed by atoms with Gasteiger partial charge in [-0.05, 0) is 91.3 Å². The fourth-order valence-corrected chi connectivity index (χ4v) is 11.7. The largest absolute Gasteiger partial charge is 0.463 e. The number of rotatable bonds is 6. The van der Waals surface area contributed by atoms with Gasteiger partial charge in [-0.3, -0.25) is 4.79 Å². The maximum absolute atomic E-state index is 11.7. The molecule has 0 bridgehead atoms. The normalized spacial score (nSPS) is 48.0. The highest BCUT2D eigenvalue weighted by molar-refractivity contribution is 9.12. The van der Waals surface area contributed by atoms with Crippen LogP contribution in [-0.4, -0.2) is 21.2 Å². The summed E-state index contributed by atoms with van der Waals surface area (Å²) in [5.74, 6) is 4.98. The highest BCUT2D eigenvalue weighted by Gasteiger charge is 2.67. The second kappa shape index (κ2) is 9.71. The summed E-state index contributed by atoms with van der Waals surface area (Å²) in [5, 5.41) is 0. The Morgan fingerprint density at radius 3 is 2.42 bits per heavy atom. The van der Waals surface area contributed by atoms with Crippen molar-refractivity contribution in [3.8, 4) is 0 Å². The molecule has 0 aliphatic heterocycles. The molecule has 0 amide bonds. The highest BCUT2D eigenvalue weighted by atomic mass is 79.9. The van der Waals surface area contributed by atoms with E-state index in [2.05, 4.69) is 66.5 Å². The van der Waals surface area contributed by atoms with Crippen LogP contribution < -0.4 is 0 Å². The topological polar surface area (TPSA) is 26.3 Å². The number of fused-ring (bicyclic) bond motifs is 5. The molecule has 0 N–H and O–H groups in total. The van der Waals surface area contributed by atoms with Crippen molar-refractivity contribution < 1.29 is 9.53 Å². The number of hydrogen-bond acceptors (Lipinski definition) is 2. The number of hydrogen-bond donors (Lipinski definition) is 0. The van der Waals surface area contributed by atoms with Gasteiger partial charge in [0.15, 0.2) is 0 Å². The van der Waals surface area contributed by atoms with Crippen molar-refractivity contribution in [3.05, 3.63) is 0 Å². The zero-order valence-electron chi connectivity index (χ0n) is 22.0. The summed E-state index contributed by atoms with van der Waals surface area (Å²) in [6.07, 6.45) is 14.3. The molecular weight excluding hydrogens is 540 g/mol. The maximum atomic E-state index is 11.7. The van der Waals surface area contributed by atoms with Crippen molar-refractivity contribution >= 4 is 37.8 Å². The SMILES string of the molecule is CC(=O)O[C@H]1CC[C@]2(C)C3CC[C@@]4(C)C(CC[C@@H]4[C@H](C)CCCC(C)C)C3C[C@@H](Br)[C@@]2(Br)C1. The third-order valence-corrected chi connectivity index (χ3v) is 14.8. The lowest BCUT2D eigenvalue weighted by Crippen LogP contribution is -2.64. The van der Waals surface area contributed by atoms with Crippen LogP contribution in [0.5, 0.6) is 0 Å². The molecule has 0 heterocycles. The smallest absolute Gasteiger partial charge is 0.302 e. The summed E-state index contributed by atoms with van der Waals surface area (Å²) in [7, 11) is 0. The van der Waals surface area contributed by atoms with E-state index in [1.807, 2.05) is 0 Å². The first-order valence-electron chi connectivity index (χ1n) is 13.9. The van der Waals surface area contributed by atoms with Crippen molar-refractivity contribution in [2.75, 3.05) is 0 Å². The van der Waals surface area contributed by atoms with Gasteiger partial charge in [0.1, 0.15) is 6.10 Å². The van der Waals surface area contributed by atoms with Crippen LogP contribution in [0.4, 0.5) is 0 Å². The molecule has 4 aliphatic carbocycles. The molecule has 4 heteroatoms. The molecule has 10 atom stereocenters. The van der Waals surface area contributed by atoms with Crippen molar-refractivity contribution in [2.24, 2.45) is 46.3 Å². The van der Waals surface area contributed by atoms with Gasteiger partial charge in [-0.2, -0.15) is 0 Å². The summed E-state index contributed by atoms with van der Waals surface area (Å²) in [6.45, 7) is 14.1. The van der Waals surface area contributed by atoms with Crippen molar-refractivity contribution in [3.63, 3.8) is 0 Å². The van der Waals surface area contributed by atoms with Crippen LogP contribution in [0.1, 0.15) is 112 Å². The van der Waals surface area contributed by atoms with Crippen LogP contribution in [0.2, 0.25) is 0 Å². The van der Waals surface area contributed by atoms with Crippen LogP contribution in [0.25, 0.3) is 0 Å². The number of alkyl halides is 2. The number of carbonyl (C=O) groups is 1. The molecule has 0 aromatic heterocycles. The zero-order chi connectivity index (χ0) is 24.2. The third-order valence-electron chi connectivity index (χ3n) is 11.2. The Morgan fingerprint density at radius 2 is 1.76 bits per heavy atom. The molecule has 3 unspecified atom stereocenters. The first kappa shape index (κ1) is 26.5. The predicted molar refractivity (Wildman–Crippen MR) is 145 cm³/mol. The molecular formula is C29H48Br2O2. The number of halogens is 2. The lowest BCUT2D eigenvalue weighted by molar-refractivity contribution is -0.155. The van der Waals surface area contributed by atoms with Gasteiger partial charge >= 0.3 is 5.97 Å². The standard InChI is InChI=1S/C29H48Br2O2/c1-18(2)8-7-9-19(3)23-10-11-24-22-16-26(30)29(31)17-21(33-20(4)32)12-15-28(29,6)25(22)13-14-27(23,24)5/h18-19,21-26H,7-17H2,1-6H3/t19-,21+,22?,23-,24?,25?,26-,27-,28-,29+/m1/s1. The molecule has 0 saturated heterocycles. The minimum atomic E-state index is -0.132. The molecule has 33 heavy (non-hydrogen) atoms. The fourth-order valence-electron chi connectivity index (χ4n) is 9.51.